The van der Waals surface area contributed by atoms with Crippen molar-refractivity contribution in [3.05, 3.63) is 36.1 Å². The van der Waals surface area contributed by atoms with Crippen LogP contribution in [0.2, 0.25) is 0 Å². The number of hydrogen-bond donors (Lipinski definition) is 2. The van der Waals surface area contributed by atoms with Crippen molar-refractivity contribution in [1.29, 1.82) is 0 Å². The summed E-state index contributed by atoms with van der Waals surface area (Å²) in [5.41, 5.74) is 6.50. The monoisotopic (exact) mass is 222 g/mol. The van der Waals surface area contributed by atoms with Crippen molar-refractivity contribution in [2.45, 2.75) is 19.5 Å². The second-order valence-electron chi connectivity index (χ2n) is 3.60. The Morgan fingerprint density at radius 2 is 2.38 bits per heavy atom. The molecule has 86 valence electrons. The Balaban J connectivity index is 2.18. The van der Waals surface area contributed by atoms with Crippen LogP contribution in [0.25, 0.3) is 0 Å². The van der Waals surface area contributed by atoms with Crippen LogP contribution in [-0.2, 0) is 6.54 Å². The summed E-state index contributed by atoms with van der Waals surface area (Å²) in [6.07, 6.45) is 4.94. The fraction of sp³-hybridized carbons (Fsp3) is 0.400. The predicted octanol–water partition coefficient (Wildman–Crippen LogP) is 0.220. The van der Waals surface area contributed by atoms with Gasteiger partial charge in [-0.2, -0.15) is 0 Å². The number of aromatic nitrogens is 3. The van der Waals surface area contributed by atoms with E-state index in [1.807, 2.05) is 11.5 Å². The second-order valence-corrected chi connectivity index (χ2v) is 3.60. The van der Waals surface area contributed by atoms with Gasteiger partial charge in [0.1, 0.15) is 12.3 Å². The van der Waals surface area contributed by atoms with Crippen LogP contribution >= 0.6 is 0 Å². The minimum Gasteiger partial charge on any atom is -0.444 e. The Morgan fingerprint density at radius 3 is 3.00 bits per heavy atom. The Morgan fingerprint density at radius 1 is 1.56 bits per heavy atom. The summed E-state index contributed by atoms with van der Waals surface area (Å²) in [6, 6.07) is -0.432. The van der Waals surface area contributed by atoms with E-state index in [9.17, 15) is 0 Å². The zero-order chi connectivity index (χ0) is 11.5. The van der Waals surface area contributed by atoms with Gasteiger partial charge in [-0.1, -0.05) is 0 Å². The highest BCUT2D eigenvalue weighted by Gasteiger charge is 2.12. The minimum atomic E-state index is -0.432. The first-order valence-electron chi connectivity index (χ1n) is 4.98. The Hall–Kier alpha value is -1.66. The van der Waals surface area contributed by atoms with Crippen LogP contribution in [0.5, 0.6) is 0 Å². The van der Waals surface area contributed by atoms with E-state index >= 15 is 0 Å². The van der Waals surface area contributed by atoms with Crippen molar-refractivity contribution < 1.29 is 9.52 Å². The van der Waals surface area contributed by atoms with Gasteiger partial charge in [0.05, 0.1) is 30.9 Å². The third kappa shape index (κ3) is 2.12. The lowest BCUT2D eigenvalue weighted by Crippen LogP contribution is -2.19. The molecule has 0 amide bonds. The van der Waals surface area contributed by atoms with E-state index in [1.54, 1.807) is 18.7 Å². The van der Waals surface area contributed by atoms with E-state index in [2.05, 4.69) is 9.97 Å². The van der Waals surface area contributed by atoms with Crippen LogP contribution < -0.4 is 5.73 Å². The molecule has 0 saturated carbocycles. The van der Waals surface area contributed by atoms with E-state index < -0.39 is 6.04 Å². The second kappa shape index (κ2) is 4.46. The summed E-state index contributed by atoms with van der Waals surface area (Å²) in [7, 11) is 0. The lowest BCUT2D eigenvalue weighted by Gasteiger charge is -2.10. The Bertz CT molecular complexity index is 463. The summed E-state index contributed by atoms with van der Waals surface area (Å²) in [5, 5.41) is 9.00. The largest absolute Gasteiger partial charge is 0.444 e. The molecule has 0 radical (unpaired) electrons. The standard InChI is InChI=1S/C10H14N4O2/c1-7-2-13-10(16-7)4-14-6-12-3-9(14)8(11)5-15/h2-3,6,8,15H,4-5,11H2,1H3. The molecule has 0 saturated heterocycles. The molecular weight excluding hydrogens is 208 g/mol. The molecular formula is C10H14N4O2. The third-order valence-corrected chi connectivity index (χ3v) is 2.30. The maximum absolute atomic E-state index is 9.00. The summed E-state index contributed by atoms with van der Waals surface area (Å²) in [4.78, 5) is 8.09. The molecule has 0 aliphatic carbocycles. The van der Waals surface area contributed by atoms with Gasteiger partial charge in [-0.3, -0.25) is 0 Å². The minimum absolute atomic E-state index is 0.115. The molecule has 0 aromatic carbocycles. The van der Waals surface area contributed by atoms with Gasteiger partial charge in [0, 0.05) is 6.20 Å². The molecule has 1 atom stereocenters. The van der Waals surface area contributed by atoms with Crippen molar-refractivity contribution in [2.24, 2.45) is 5.73 Å². The van der Waals surface area contributed by atoms with Gasteiger partial charge in [-0.25, -0.2) is 9.97 Å². The Kier molecular flexibility index (Phi) is 3.02. The molecule has 2 aromatic heterocycles. The number of aliphatic hydroxyl groups excluding tert-OH is 1. The molecule has 3 N–H and O–H groups in total. The van der Waals surface area contributed by atoms with Gasteiger partial charge >= 0.3 is 0 Å². The molecule has 6 heteroatoms. The highest BCUT2D eigenvalue weighted by Crippen LogP contribution is 2.11. The highest BCUT2D eigenvalue weighted by atomic mass is 16.4. The van der Waals surface area contributed by atoms with E-state index in [0.717, 1.165) is 11.5 Å². The molecule has 0 aliphatic rings. The fourth-order valence-corrected chi connectivity index (χ4v) is 1.49. The average Bonchev–Trinajstić information content (AvgIpc) is 2.87. The summed E-state index contributed by atoms with van der Waals surface area (Å²) in [5.74, 6) is 1.37. The molecule has 2 rings (SSSR count). The smallest absolute Gasteiger partial charge is 0.214 e. The molecule has 0 fully saturated rings. The fourth-order valence-electron chi connectivity index (χ4n) is 1.49. The first-order valence-corrected chi connectivity index (χ1v) is 4.98. The van der Waals surface area contributed by atoms with Crippen molar-refractivity contribution in [3.63, 3.8) is 0 Å². The normalized spacial score (nSPS) is 12.9. The topological polar surface area (TPSA) is 90.1 Å². The first-order chi connectivity index (χ1) is 7.70. The lowest BCUT2D eigenvalue weighted by molar-refractivity contribution is 0.263. The number of rotatable bonds is 4. The average molecular weight is 222 g/mol. The number of aliphatic hydroxyl groups is 1. The summed E-state index contributed by atoms with van der Waals surface area (Å²) >= 11 is 0. The molecule has 0 bridgehead atoms. The van der Waals surface area contributed by atoms with E-state index in [-0.39, 0.29) is 6.61 Å². The van der Waals surface area contributed by atoms with Gasteiger partial charge in [0.25, 0.3) is 0 Å². The zero-order valence-electron chi connectivity index (χ0n) is 9.00. The molecule has 1 unspecified atom stereocenters. The number of hydrogen-bond acceptors (Lipinski definition) is 5. The van der Waals surface area contributed by atoms with Crippen LogP contribution in [0.3, 0.4) is 0 Å². The van der Waals surface area contributed by atoms with Gasteiger partial charge in [-0.15, -0.1) is 0 Å². The molecule has 16 heavy (non-hydrogen) atoms. The molecule has 0 spiro atoms. The van der Waals surface area contributed by atoms with Crippen molar-refractivity contribution in [2.75, 3.05) is 6.61 Å². The number of oxazole rings is 1. The van der Waals surface area contributed by atoms with Crippen LogP contribution in [-0.4, -0.2) is 26.2 Å². The first kappa shape index (κ1) is 10.8. The van der Waals surface area contributed by atoms with E-state index in [0.29, 0.717) is 12.4 Å². The van der Waals surface area contributed by atoms with Crippen LogP contribution in [0, 0.1) is 6.92 Å². The maximum atomic E-state index is 9.00. The lowest BCUT2D eigenvalue weighted by atomic mass is 10.2. The predicted molar refractivity (Wildman–Crippen MR) is 56.6 cm³/mol. The highest BCUT2D eigenvalue weighted by molar-refractivity contribution is 5.06. The quantitative estimate of drug-likeness (QED) is 0.772. The Labute approximate surface area is 92.7 Å². The summed E-state index contributed by atoms with van der Waals surface area (Å²) in [6.45, 7) is 2.19. The third-order valence-electron chi connectivity index (χ3n) is 2.30. The number of nitrogens with two attached hydrogens (primary N) is 1. The van der Waals surface area contributed by atoms with Crippen molar-refractivity contribution in [3.8, 4) is 0 Å². The van der Waals surface area contributed by atoms with E-state index in [4.69, 9.17) is 15.3 Å². The molecule has 0 aliphatic heterocycles. The molecule has 2 heterocycles. The van der Waals surface area contributed by atoms with Gasteiger partial charge < -0.3 is 19.8 Å². The van der Waals surface area contributed by atoms with E-state index in [1.165, 1.54) is 0 Å². The number of imidazole rings is 1. The van der Waals surface area contributed by atoms with Crippen molar-refractivity contribution in [1.82, 2.24) is 14.5 Å². The number of aryl methyl sites for hydroxylation is 1. The van der Waals surface area contributed by atoms with Gasteiger partial charge in [0.2, 0.25) is 5.89 Å². The molecule has 2 aromatic rings. The van der Waals surface area contributed by atoms with Gasteiger partial charge in [-0.05, 0) is 6.92 Å². The number of nitrogens with zero attached hydrogens (tertiary/aromatic N) is 3. The SMILES string of the molecule is Cc1cnc(Cn2cncc2C(N)CO)o1. The van der Waals surface area contributed by atoms with Crippen LogP contribution in [0.15, 0.2) is 23.1 Å². The molecule has 6 nitrogen and oxygen atoms in total. The van der Waals surface area contributed by atoms with Crippen molar-refractivity contribution >= 4 is 0 Å². The maximum Gasteiger partial charge on any atom is 0.214 e. The van der Waals surface area contributed by atoms with Crippen LogP contribution in [0.1, 0.15) is 23.4 Å². The van der Waals surface area contributed by atoms with Gasteiger partial charge in [0.15, 0.2) is 0 Å². The summed E-state index contributed by atoms with van der Waals surface area (Å²) < 4.78 is 7.17. The zero-order valence-corrected chi connectivity index (χ0v) is 9.00. The van der Waals surface area contributed by atoms with Crippen LogP contribution in [0.4, 0.5) is 0 Å².